The molecule has 0 spiro atoms. The van der Waals surface area contributed by atoms with Gasteiger partial charge in [-0.25, -0.2) is 4.98 Å². The molecule has 54 heavy (non-hydrogen) atoms. The molecule has 0 saturated heterocycles. The molecular weight excluding hydrogens is 657 g/mol. The van der Waals surface area contributed by atoms with Crippen molar-refractivity contribution in [1.82, 2.24) is 9.55 Å². The first kappa shape index (κ1) is 32.5. The lowest BCUT2D eigenvalue weighted by Gasteiger charge is -2.35. The van der Waals surface area contributed by atoms with Gasteiger partial charge in [0, 0.05) is 28.7 Å². The van der Waals surface area contributed by atoms with Gasteiger partial charge in [0.05, 0.1) is 34.5 Å². The standard InChI is InChI=1S/C50H44N4/c1-33(2)52-32-53(46-24-13-12-23-45(46)52)37-16-14-15-35(29-37)50(42-20-9-6-17-38(42)39-18-7-10-21-43(39)50)36-25-26-41-40-19-8-11-22-44(40)54(47(41)30-36)48-31-34(27-28-51-48)49(3,4)5/h6-31,33H,32H2,1-5H3. The molecule has 1 aliphatic heterocycles. The van der Waals surface area contributed by atoms with Crippen LogP contribution in [0.3, 0.4) is 0 Å². The highest BCUT2D eigenvalue weighted by Gasteiger charge is 2.46. The van der Waals surface area contributed by atoms with Gasteiger partial charge in [-0.3, -0.25) is 4.57 Å². The van der Waals surface area contributed by atoms with Gasteiger partial charge in [-0.15, -0.1) is 0 Å². The van der Waals surface area contributed by atoms with E-state index in [1.165, 1.54) is 66.8 Å². The predicted octanol–water partition coefficient (Wildman–Crippen LogP) is 12.2. The molecule has 4 heteroatoms. The second-order valence-electron chi connectivity index (χ2n) is 16.3. The lowest BCUT2D eigenvalue weighted by Crippen LogP contribution is -2.33. The largest absolute Gasteiger partial charge is 0.349 e. The Morgan fingerprint density at radius 2 is 1.24 bits per heavy atom. The summed E-state index contributed by atoms with van der Waals surface area (Å²) in [4.78, 5) is 9.99. The number of pyridine rings is 1. The quantitative estimate of drug-likeness (QED) is 0.179. The molecule has 0 bridgehead atoms. The van der Waals surface area contributed by atoms with E-state index >= 15 is 0 Å². The summed E-state index contributed by atoms with van der Waals surface area (Å²) in [7, 11) is 0. The molecule has 0 unspecified atom stereocenters. The molecule has 264 valence electrons. The van der Waals surface area contributed by atoms with E-state index in [4.69, 9.17) is 4.98 Å². The SMILES string of the molecule is CC(C)N1CN(c2cccc(C3(c4ccc5c6ccccc6n(-c6cc(C(C)(C)C)ccn6)c5c4)c4ccccc4-c4ccccc43)c2)c2ccccc21. The van der Waals surface area contributed by atoms with Crippen molar-refractivity contribution in [1.29, 1.82) is 0 Å². The summed E-state index contributed by atoms with van der Waals surface area (Å²) in [6.07, 6.45) is 1.97. The highest BCUT2D eigenvalue weighted by molar-refractivity contribution is 6.09. The van der Waals surface area contributed by atoms with Crippen molar-refractivity contribution >= 4 is 38.9 Å². The summed E-state index contributed by atoms with van der Waals surface area (Å²) in [6.45, 7) is 12.2. The van der Waals surface area contributed by atoms with Crippen molar-refractivity contribution in [2.24, 2.45) is 0 Å². The third-order valence-corrected chi connectivity index (χ3v) is 11.9. The highest BCUT2D eigenvalue weighted by Crippen LogP contribution is 2.57. The lowest BCUT2D eigenvalue weighted by molar-refractivity contribution is 0.588. The van der Waals surface area contributed by atoms with Crippen LogP contribution in [-0.2, 0) is 10.8 Å². The van der Waals surface area contributed by atoms with Crippen LogP contribution in [-0.4, -0.2) is 22.3 Å². The van der Waals surface area contributed by atoms with Crippen molar-refractivity contribution in [2.75, 3.05) is 16.5 Å². The van der Waals surface area contributed by atoms with Gasteiger partial charge < -0.3 is 9.80 Å². The molecule has 0 fully saturated rings. The first-order chi connectivity index (χ1) is 26.2. The van der Waals surface area contributed by atoms with Crippen LogP contribution in [0.5, 0.6) is 0 Å². The molecule has 3 heterocycles. The molecule has 4 nitrogen and oxygen atoms in total. The molecule has 0 amide bonds. The Balaban J connectivity index is 1.26. The van der Waals surface area contributed by atoms with Gasteiger partial charge in [0.1, 0.15) is 5.82 Å². The van der Waals surface area contributed by atoms with Crippen LogP contribution in [0.15, 0.2) is 158 Å². The van der Waals surface area contributed by atoms with E-state index in [1.54, 1.807) is 0 Å². The fourth-order valence-corrected chi connectivity index (χ4v) is 9.29. The van der Waals surface area contributed by atoms with Gasteiger partial charge in [-0.1, -0.05) is 124 Å². The van der Waals surface area contributed by atoms with Crippen molar-refractivity contribution in [3.05, 3.63) is 186 Å². The van der Waals surface area contributed by atoms with Gasteiger partial charge in [0.2, 0.25) is 0 Å². The molecule has 2 aromatic heterocycles. The fourth-order valence-electron chi connectivity index (χ4n) is 9.29. The average Bonchev–Trinajstić information content (AvgIpc) is 3.85. The molecule has 10 rings (SSSR count). The van der Waals surface area contributed by atoms with Crippen LogP contribution >= 0.6 is 0 Å². The van der Waals surface area contributed by atoms with Gasteiger partial charge in [-0.05, 0) is 107 Å². The van der Waals surface area contributed by atoms with E-state index in [2.05, 4.69) is 201 Å². The van der Waals surface area contributed by atoms with E-state index in [-0.39, 0.29) is 5.41 Å². The summed E-state index contributed by atoms with van der Waals surface area (Å²) < 4.78 is 2.38. The van der Waals surface area contributed by atoms with Crippen molar-refractivity contribution in [3.8, 4) is 16.9 Å². The molecule has 0 saturated carbocycles. The van der Waals surface area contributed by atoms with Gasteiger partial charge in [0.25, 0.3) is 0 Å². The number of rotatable bonds is 5. The van der Waals surface area contributed by atoms with E-state index in [0.29, 0.717) is 6.04 Å². The molecule has 0 N–H and O–H groups in total. The Labute approximate surface area is 318 Å². The summed E-state index contributed by atoms with van der Waals surface area (Å²) in [5.74, 6) is 0.941. The summed E-state index contributed by atoms with van der Waals surface area (Å²) in [5.41, 5.74) is 14.4. The van der Waals surface area contributed by atoms with Crippen LogP contribution in [0.1, 0.15) is 62.4 Å². The maximum Gasteiger partial charge on any atom is 0.137 e. The molecular formula is C50H44N4. The average molecular weight is 701 g/mol. The van der Waals surface area contributed by atoms with Crippen LogP contribution in [0.4, 0.5) is 17.1 Å². The van der Waals surface area contributed by atoms with Gasteiger partial charge in [-0.2, -0.15) is 0 Å². The van der Waals surface area contributed by atoms with E-state index < -0.39 is 5.41 Å². The van der Waals surface area contributed by atoms with Crippen LogP contribution < -0.4 is 9.80 Å². The monoisotopic (exact) mass is 700 g/mol. The maximum absolute atomic E-state index is 5.02. The summed E-state index contributed by atoms with van der Waals surface area (Å²) in [5, 5.41) is 2.45. The predicted molar refractivity (Wildman–Crippen MR) is 226 cm³/mol. The second kappa shape index (κ2) is 11.9. The van der Waals surface area contributed by atoms with Crippen molar-refractivity contribution in [3.63, 3.8) is 0 Å². The summed E-state index contributed by atoms with van der Waals surface area (Å²) >= 11 is 0. The van der Waals surface area contributed by atoms with E-state index in [1.807, 2.05) is 6.20 Å². The first-order valence-electron chi connectivity index (χ1n) is 19.2. The Morgan fingerprint density at radius 1 is 0.593 bits per heavy atom. The number of para-hydroxylation sites is 3. The molecule has 0 atom stereocenters. The number of anilines is 3. The van der Waals surface area contributed by atoms with Gasteiger partial charge in [0.15, 0.2) is 0 Å². The summed E-state index contributed by atoms with van der Waals surface area (Å²) in [6, 6.07) is 57.0. The minimum Gasteiger partial charge on any atom is -0.349 e. The number of hydrogen-bond donors (Lipinski definition) is 0. The third-order valence-electron chi connectivity index (χ3n) is 11.9. The Kier molecular flexibility index (Phi) is 7.19. The third kappa shape index (κ3) is 4.65. The minimum atomic E-state index is -0.559. The topological polar surface area (TPSA) is 24.3 Å². The molecule has 6 aromatic carbocycles. The van der Waals surface area contributed by atoms with Crippen LogP contribution in [0.25, 0.3) is 38.8 Å². The molecule has 8 aromatic rings. The fraction of sp³-hybridized carbons (Fsp3) is 0.180. The molecule has 1 aliphatic carbocycles. The molecule has 2 aliphatic rings. The van der Waals surface area contributed by atoms with Crippen molar-refractivity contribution < 1.29 is 0 Å². The number of hydrogen-bond acceptors (Lipinski definition) is 3. The zero-order valence-corrected chi connectivity index (χ0v) is 31.6. The maximum atomic E-state index is 5.02. The molecule has 0 radical (unpaired) electrons. The Hall–Kier alpha value is -6.13. The Morgan fingerprint density at radius 3 is 1.98 bits per heavy atom. The number of aromatic nitrogens is 2. The number of fused-ring (bicyclic) bond motifs is 7. The minimum absolute atomic E-state index is 0.00396. The van der Waals surface area contributed by atoms with Gasteiger partial charge >= 0.3 is 0 Å². The zero-order valence-electron chi connectivity index (χ0n) is 31.6. The highest BCUT2D eigenvalue weighted by atomic mass is 15.4. The van der Waals surface area contributed by atoms with E-state index in [0.717, 1.165) is 23.5 Å². The number of benzene rings is 6. The first-order valence-corrected chi connectivity index (χ1v) is 19.2. The Bertz CT molecular complexity index is 2700. The number of nitrogens with zero attached hydrogens (tertiary/aromatic N) is 4. The normalized spacial score (nSPS) is 14.6. The van der Waals surface area contributed by atoms with Crippen LogP contribution in [0.2, 0.25) is 0 Å². The second-order valence-corrected chi connectivity index (χ2v) is 16.3. The zero-order chi connectivity index (χ0) is 36.8. The lowest BCUT2D eigenvalue weighted by atomic mass is 9.67. The van der Waals surface area contributed by atoms with Crippen molar-refractivity contribution in [2.45, 2.75) is 51.5 Å². The smallest absolute Gasteiger partial charge is 0.137 e. The van der Waals surface area contributed by atoms with Crippen LogP contribution in [0, 0.1) is 0 Å². The van der Waals surface area contributed by atoms with E-state index in [9.17, 15) is 0 Å².